The van der Waals surface area contributed by atoms with E-state index in [9.17, 15) is 18.0 Å². The van der Waals surface area contributed by atoms with Gasteiger partial charge in [0, 0.05) is 13.0 Å². The van der Waals surface area contributed by atoms with Crippen molar-refractivity contribution in [3.05, 3.63) is 17.2 Å². The summed E-state index contributed by atoms with van der Waals surface area (Å²) in [5, 5.41) is 0. The van der Waals surface area contributed by atoms with Crippen molar-refractivity contribution in [2.75, 3.05) is 6.61 Å². The SMILES string of the molecule is CC(=O)OCC(C)=CC(=[N+]=[N-])C(Cl)(Cl)C(F)(F)F. The Balaban J connectivity index is 5.10. The van der Waals surface area contributed by atoms with E-state index in [-0.39, 0.29) is 12.2 Å². The van der Waals surface area contributed by atoms with Crippen LogP contribution in [0.4, 0.5) is 13.2 Å². The van der Waals surface area contributed by atoms with Crippen LogP contribution in [0.2, 0.25) is 0 Å². The van der Waals surface area contributed by atoms with Crippen LogP contribution in [0.5, 0.6) is 0 Å². The summed E-state index contributed by atoms with van der Waals surface area (Å²) in [7, 11) is 0. The molecule has 0 fully saturated rings. The minimum atomic E-state index is -5.02. The monoisotopic (exact) mass is 304 g/mol. The summed E-state index contributed by atoms with van der Waals surface area (Å²) in [6.45, 7) is 2.22. The Labute approximate surface area is 111 Å². The summed E-state index contributed by atoms with van der Waals surface area (Å²) in [6.07, 6.45) is -4.23. The minimum absolute atomic E-state index is 0.174. The molecule has 0 radical (unpaired) electrons. The van der Waals surface area contributed by atoms with Gasteiger partial charge in [-0.05, 0) is 12.5 Å². The highest BCUT2D eigenvalue weighted by molar-refractivity contribution is 6.60. The topological polar surface area (TPSA) is 62.7 Å². The van der Waals surface area contributed by atoms with Crippen LogP contribution in [0.3, 0.4) is 0 Å². The fourth-order valence-corrected chi connectivity index (χ4v) is 1.00. The van der Waals surface area contributed by atoms with E-state index in [2.05, 4.69) is 9.53 Å². The van der Waals surface area contributed by atoms with Gasteiger partial charge in [-0.2, -0.15) is 18.0 Å². The maximum Gasteiger partial charge on any atom is 0.433 e. The molecule has 0 aromatic heterocycles. The molecule has 0 spiro atoms. The van der Waals surface area contributed by atoms with Gasteiger partial charge in [-0.1, -0.05) is 23.2 Å². The Bertz CT molecular complexity index is 413. The van der Waals surface area contributed by atoms with Crippen LogP contribution in [-0.4, -0.2) is 33.6 Å². The van der Waals surface area contributed by atoms with E-state index in [1.54, 1.807) is 0 Å². The van der Waals surface area contributed by atoms with Crippen molar-refractivity contribution < 1.29 is 27.5 Å². The lowest BCUT2D eigenvalue weighted by molar-refractivity contribution is -0.140. The molecule has 0 saturated heterocycles. The van der Waals surface area contributed by atoms with Crippen LogP contribution < -0.4 is 0 Å². The van der Waals surface area contributed by atoms with E-state index in [1.807, 2.05) is 0 Å². The zero-order valence-electron chi connectivity index (χ0n) is 9.39. The molecule has 0 unspecified atom stereocenters. The Morgan fingerprint density at radius 3 is 2.22 bits per heavy atom. The molecule has 4 nitrogen and oxygen atoms in total. The molecule has 0 bridgehead atoms. The first kappa shape index (κ1) is 17.0. The number of hydrogen-bond acceptors (Lipinski definition) is 2. The number of alkyl halides is 5. The van der Waals surface area contributed by atoms with Gasteiger partial charge in [0.25, 0.3) is 0 Å². The van der Waals surface area contributed by atoms with Crippen LogP contribution in [0.25, 0.3) is 5.53 Å². The van der Waals surface area contributed by atoms with E-state index in [4.69, 9.17) is 28.7 Å². The molecular weight excluding hydrogens is 296 g/mol. The average molecular weight is 305 g/mol. The smallest absolute Gasteiger partial charge is 0.433 e. The zero-order chi connectivity index (χ0) is 14.6. The molecule has 0 atom stereocenters. The third-order valence-electron chi connectivity index (χ3n) is 1.67. The van der Waals surface area contributed by atoms with Gasteiger partial charge in [-0.15, -0.1) is 0 Å². The summed E-state index contributed by atoms with van der Waals surface area (Å²) >= 11 is 10.2. The number of allylic oxidation sites excluding steroid dienone is 1. The molecule has 0 amide bonds. The summed E-state index contributed by atoms with van der Waals surface area (Å²) in [5.41, 5.74) is 7.68. The number of nitrogens with zero attached hydrogens (tertiary/aromatic N) is 2. The molecule has 0 aromatic carbocycles. The minimum Gasteiger partial charge on any atom is -0.461 e. The van der Waals surface area contributed by atoms with Crippen molar-refractivity contribution >= 4 is 34.9 Å². The highest BCUT2D eigenvalue weighted by Crippen LogP contribution is 2.41. The Morgan fingerprint density at radius 1 is 1.39 bits per heavy atom. The second kappa shape index (κ2) is 6.22. The predicted molar refractivity (Wildman–Crippen MR) is 59.5 cm³/mol. The van der Waals surface area contributed by atoms with Crippen molar-refractivity contribution in [3.8, 4) is 0 Å². The number of rotatable bonds is 4. The molecule has 9 heteroatoms. The van der Waals surface area contributed by atoms with Crippen molar-refractivity contribution in [2.24, 2.45) is 0 Å². The first-order valence-corrected chi connectivity index (χ1v) is 5.25. The molecule has 0 aliphatic heterocycles. The first-order chi connectivity index (χ1) is 8.02. The summed E-state index contributed by atoms with van der Waals surface area (Å²) < 4.78 is 38.6. The van der Waals surface area contributed by atoms with Crippen LogP contribution in [0.1, 0.15) is 13.8 Å². The third kappa shape index (κ3) is 4.68. The van der Waals surface area contributed by atoms with Gasteiger partial charge in [-0.25, -0.2) is 0 Å². The highest BCUT2D eigenvalue weighted by Gasteiger charge is 2.60. The summed E-state index contributed by atoms with van der Waals surface area (Å²) in [4.78, 5) is 12.9. The number of ether oxygens (including phenoxy) is 1. The fourth-order valence-electron chi connectivity index (χ4n) is 0.818. The standard InChI is InChI=1S/C9H9Cl2F3N2O2/c1-5(4-18-6(2)17)3-7(16-15)8(10,11)9(12,13)14/h3H,4H2,1-2H3. The van der Waals surface area contributed by atoms with Crippen LogP contribution in [0.15, 0.2) is 11.6 Å². The second-order valence-electron chi connectivity index (χ2n) is 3.33. The van der Waals surface area contributed by atoms with Crippen molar-refractivity contribution in [3.63, 3.8) is 0 Å². The van der Waals surface area contributed by atoms with Gasteiger partial charge < -0.3 is 10.3 Å². The molecule has 0 aliphatic rings. The predicted octanol–water partition coefficient (Wildman–Crippen LogP) is 2.90. The van der Waals surface area contributed by atoms with E-state index < -0.39 is 22.2 Å². The third-order valence-corrected chi connectivity index (χ3v) is 2.49. The maximum atomic E-state index is 12.5. The Kier molecular flexibility index (Phi) is 5.86. The van der Waals surface area contributed by atoms with Crippen molar-refractivity contribution in [2.45, 2.75) is 24.4 Å². The van der Waals surface area contributed by atoms with E-state index in [0.717, 1.165) is 13.0 Å². The summed E-state index contributed by atoms with van der Waals surface area (Å²) in [6, 6.07) is 0. The molecule has 0 saturated carbocycles. The number of carbonyl (C=O) groups is 1. The molecule has 0 aliphatic carbocycles. The van der Waals surface area contributed by atoms with Gasteiger partial charge >= 0.3 is 22.2 Å². The first-order valence-electron chi connectivity index (χ1n) is 4.50. The number of halogens is 5. The summed E-state index contributed by atoms with van der Waals surface area (Å²) in [5.74, 6) is -0.607. The van der Waals surface area contributed by atoms with Gasteiger partial charge in [-0.3, -0.25) is 4.79 Å². The lowest BCUT2D eigenvalue weighted by Gasteiger charge is -2.17. The quantitative estimate of drug-likeness (QED) is 0.263. The fraction of sp³-hybridized carbons (Fsp3) is 0.556. The number of carbonyl (C=O) groups excluding carboxylic acids is 1. The van der Waals surface area contributed by atoms with Gasteiger partial charge in [0.05, 0.1) is 0 Å². The normalized spacial score (nSPS) is 12.9. The van der Waals surface area contributed by atoms with E-state index in [1.165, 1.54) is 6.92 Å². The zero-order valence-corrected chi connectivity index (χ0v) is 10.9. The molecule has 102 valence electrons. The van der Waals surface area contributed by atoms with Crippen molar-refractivity contribution in [1.82, 2.24) is 0 Å². The molecule has 18 heavy (non-hydrogen) atoms. The number of hydrogen-bond donors (Lipinski definition) is 0. The Morgan fingerprint density at radius 2 is 1.89 bits per heavy atom. The van der Waals surface area contributed by atoms with Gasteiger partial charge in [0.2, 0.25) is 0 Å². The Hall–Kier alpha value is -1.04. The molecule has 0 aromatic rings. The van der Waals surface area contributed by atoms with E-state index >= 15 is 0 Å². The molecule has 0 heterocycles. The second-order valence-corrected chi connectivity index (χ2v) is 4.66. The van der Waals surface area contributed by atoms with Crippen LogP contribution in [0, 0.1) is 0 Å². The molecule has 0 rings (SSSR count). The van der Waals surface area contributed by atoms with Gasteiger partial charge in [0.15, 0.2) is 0 Å². The molecular formula is C9H9Cl2F3N2O2. The van der Waals surface area contributed by atoms with Gasteiger partial charge in [0.1, 0.15) is 6.61 Å². The molecule has 0 N–H and O–H groups in total. The lowest BCUT2D eigenvalue weighted by atomic mass is 10.1. The van der Waals surface area contributed by atoms with Crippen LogP contribution >= 0.6 is 23.2 Å². The average Bonchev–Trinajstić information content (AvgIpc) is 2.21. The lowest BCUT2D eigenvalue weighted by Crippen LogP contribution is -2.41. The van der Waals surface area contributed by atoms with Crippen LogP contribution in [-0.2, 0) is 9.53 Å². The van der Waals surface area contributed by atoms with E-state index in [0.29, 0.717) is 0 Å². The largest absolute Gasteiger partial charge is 0.461 e. The van der Waals surface area contributed by atoms with Crippen molar-refractivity contribution in [1.29, 1.82) is 0 Å². The maximum absolute atomic E-state index is 12.5. The number of esters is 1. The highest BCUT2D eigenvalue weighted by atomic mass is 35.5.